The summed E-state index contributed by atoms with van der Waals surface area (Å²) in [6.07, 6.45) is 6.31. The summed E-state index contributed by atoms with van der Waals surface area (Å²) in [5.74, 6) is 0.321. The van der Waals surface area contributed by atoms with E-state index in [1.54, 1.807) is 25.0 Å². The van der Waals surface area contributed by atoms with Crippen LogP contribution in [0.3, 0.4) is 0 Å². The van der Waals surface area contributed by atoms with Crippen LogP contribution in [0.25, 0.3) is 22.2 Å². The third kappa shape index (κ3) is 8.20. The molecule has 1 unspecified atom stereocenters. The van der Waals surface area contributed by atoms with Crippen molar-refractivity contribution in [3.05, 3.63) is 79.1 Å². The van der Waals surface area contributed by atoms with E-state index in [0.29, 0.717) is 29.1 Å². The first kappa shape index (κ1) is 39.4. The molecule has 1 amide bonds. The second-order valence-corrected chi connectivity index (χ2v) is 18.6. The number of amides is 1. The van der Waals surface area contributed by atoms with Crippen LogP contribution < -0.4 is 9.47 Å². The zero-order valence-corrected chi connectivity index (χ0v) is 32.9. The largest absolute Gasteiger partial charge is 0.497 e. The second-order valence-electron chi connectivity index (χ2n) is 16.2. The molecule has 1 aromatic heterocycles. The third-order valence-corrected chi connectivity index (χ3v) is 14.1. The fourth-order valence-corrected chi connectivity index (χ4v) is 10.3. The average Bonchev–Trinajstić information content (AvgIpc) is 3.41. The van der Waals surface area contributed by atoms with E-state index >= 15 is 0 Å². The molecule has 54 heavy (non-hydrogen) atoms. The zero-order chi connectivity index (χ0) is 38.8. The van der Waals surface area contributed by atoms with Crippen molar-refractivity contribution in [2.24, 2.45) is 17.3 Å². The molecule has 2 aromatic carbocycles. The van der Waals surface area contributed by atoms with Crippen molar-refractivity contribution in [1.82, 2.24) is 9.88 Å². The number of carbonyl (C=O) groups is 3. The van der Waals surface area contributed by atoms with Gasteiger partial charge in [-0.15, -0.1) is 6.58 Å². The number of pyridine rings is 1. The first-order chi connectivity index (χ1) is 25.7. The Morgan fingerprint density at radius 2 is 1.81 bits per heavy atom. The van der Waals surface area contributed by atoms with Crippen LogP contribution in [0, 0.1) is 17.3 Å². The Kier molecular flexibility index (Phi) is 11.6. The van der Waals surface area contributed by atoms with E-state index in [1.165, 1.54) is 11.9 Å². The Morgan fingerprint density at radius 1 is 1.09 bits per heavy atom. The molecule has 2 saturated carbocycles. The first-order valence-electron chi connectivity index (χ1n) is 19.0. The molecule has 6 atom stereocenters. The van der Waals surface area contributed by atoms with Crippen LogP contribution in [0.4, 0.5) is 0 Å². The minimum atomic E-state index is -3.90. The molecule has 0 radical (unpaired) electrons. The molecule has 6 rings (SSSR count). The number of Topliss-reactive ketones (excluding diaryl/α,β-unsaturated/α-hetero) is 1. The van der Waals surface area contributed by atoms with Crippen molar-refractivity contribution in [1.29, 1.82) is 0 Å². The van der Waals surface area contributed by atoms with E-state index in [2.05, 4.69) is 6.58 Å². The standard InChI is InChI=1S/C43H53N2O8P/c1-7-20-54(49,50)43(25-29(43)8-2)26-38(46)37-22-32(27-45(37)41(48)34(42(3,4)5)23-40(47)53-30-16-12-13-17-30)52-39-24-35(28-14-10-9-11-15-28)44-36-21-31(51-6)18-19-33(36)39/h7-11,14-15,18-21,24,29-30,32,34,37H,2,12-13,16-17,22-23,25-27H2,1,3-6H3,(H,49,50)/b20-7+/t29-,32-,34-,37+,43-/m1/s1. The fraction of sp³-hybridized carbons (Fsp3) is 0.488. The second kappa shape index (κ2) is 15.8. The van der Waals surface area contributed by atoms with Gasteiger partial charge in [0.05, 0.1) is 48.4 Å². The lowest BCUT2D eigenvalue weighted by Crippen LogP contribution is -2.48. The lowest BCUT2D eigenvalue weighted by molar-refractivity contribution is -0.156. The number of benzene rings is 2. The maximum Gasteiger partial charge on any atom is 0.306 e. The number of ketones is 1. The summed E-state index contributed by atoms with van der Waals surface area (Å²) in [7, 11) is -2.30. The van der Waals surface area contributed by atoms with Crippen LogP contribution in [0.1, 0.15) is 79.1 Å². The van der Waals surface area contributed by atoms with Gasteiger partial charge in [-0.3, -0.25) is 18.9 Å². The quantitative estimate of drug-likeness (QED) is 0.0977. The molecule has 3 fully saturated rings. The van der Waals surface area contributed by atoms with Crippen LogP contribution in [-0.4, -0.2) is 69.5 Å². The number of esters is 1. The highest BCUT2D eigenvalue weighted by Gasteiger charge is 2.64. The molecule has 1 aliphatic heterocycles. The third-order valence-electron chi connectivity index (χ3n) is 11.4. The van der Waals surface area contributed by atoms with Gasteiger partial charge in [-0.1, -0.05) is 63.3 Å². The first-order valence-corrected chi connectivity index (χ1v) is 20.7. The maximum absolute atomic E-state index is 14.8. The number of hydrogen-bond donors (Lipinski definition) is 1. The Labute approximate surface area is 318 Å². The number of carbonyl (C=O) groups excluding carboxylic acids is 3. The number of hydrogen-bond acceptors (Lipinski definition) is 8. The highest BCUT2D eigenvalue weighted by molar-refractivity contribution is 7.63. The summed E-state index contributed by atoms with van der Waals surface area (Å²) in [6, 6.07) is 16.2. The summed E-state index contributed by atoms with van der Waals surface area (Å²) >= 11 is 0. The van der Waals surface area contributed by atoms with Gasteiger partial charge in [0.1, 0.15) is 23.7 Å². The lowest BCUT2D eigenvalue weighted by Gasteiger charge is -2.35. The van der Waals surface area contributed by atoms with Gasteiger partial charge < -0.3 is 24.0 Å². The number of allylic oxidation sites excluding steroid dienone is 2. The summed E-state index contributed by atoms with van der Waals surface area (Å²) in [5.41, 5.74) is 1.60. The van der Waals surface area contributed by atoms with Gasteiger partial charge in [-0.2, -0.15) is 0 Å². The molecule has 288 valence electrons. The van der Waals surface area contributed by atoms with E-state index in [0.717, 1.165) is 36.6 Å². The van der Waals surface area contributed by atoms with Crippen LogP contribution in [0.2, 0.25) is 0 Å². The Hall–Kier alpha value is -4.27. The topological polar surface area (TPSA) is 132 Å². The van der Waals surface area contributed by atoms with Gasteiger partial charge >= 0.3 is 5.97 Å². The van der Waals surface area contributed by atoms with Crippen LogP contribution in [0.15, 0.2) is 79.1 Å². The molecule has 3 aliphatic rings. The number of likely N-dealkylation sites (tertiary alicyclic amines) is 1. The normalized spacial score (nSPS) is 24.6. The van der Waals surface area contributed by atoms with Gasteiger partial charge in [0.2, 0.25) is 13.3 Å². The molecule has 2 heterocycles. The Morgan fingerprint density at radius 3 is 2.44 bits per heavy atom. The van der Waals surface area contributed by atoms with Crippen molar-refractivity contribution >= 4 is 35.9 Å². The monoisotopic (exact) mass is 756 g/mol. The van der Waals surface area contributed by atoms with Gasteiger partial charge in [-0.25, -0.2) is 4.98 Å². The van der Waals surface area contributed by atoms with Crippen molar-refractivity contribution in [2.45, 2.75) is 102 Å². The highest BCUT2D eigenvalue weighted by atomic mass is 31.2. The van der Waals surface area contributed by atoms with Gasteiger partial charge in [0, 0.05) is 35.9 Å². The summed E-state index contributed by atoms with van der Waals surface area (Å²) in [4.78, 5) is 60.2. The van der Waals surface area contributed by atoms with E-state index < -0.39 is 42.0 Å². The number of aromatic nitrogens is 1. The van der Waals surface area contributed by atoms with E-state index in [4.69, 9.17) is 19.2 Å². The van der Waals surface area contributed by atoms with Crippen molar-refractivity contribution < 1.29 is 38.1 Å². The van der Waals surface area contributed by atoms with Crippen LogP contribution in [0.5, 0.6) is 11.5 Å². The molecule has 3 aromatic rings. The van der Waals surface area contributed by atoms with Crippen molar-refractivity contribution in [3.8, 4) is 22.8 Å². The molecule has 0 spiro atoms. The summed E-state index contributed by atoms with van der Waals surface area (Å²) in [6.45, 7) is 11.4. The minimum absolute atomic E-state index is 0.0870. The molecular formula is C43H53N2O8P. The number of rotatable bonds is 14. The predicted octanol–water partition coefficient (Wildman–Crippen LogP) is 8.50. The predicted molar refractivity (Wildman–Crippen MR) is 209 cm³/mol. The van der Waals surface area contributed by atoms with E-state index in [-0.39, 0.29) is 49.5 Å². The minimum Gasteiger partial charge on any atom is -0.497 e. The lowest BCUT2D eigenvalue weighted by atomic mass is 9.77. The average molecular weight is 757 g/mol. The Bertz CT molecular complexity index is 1970. The summed E-state index contributed by atoms with van der Waals surface area (Å²) in [5, 5.41) is -0.436. The SMILES string of the molecule is C=C[C@@H]1C[C@]1(CC(=O)[C@@H]1C[C@@H](Oc2cc(-c3ccccc3)nc3cc(OC)ccc23)CN1C(=O)[C@@H](CC(=O)OC1CCCC1)C(C)(C)C)P(=O)(O)/C=C/C. The van der Waals surface area contributed by atoms with Crippen LogP contribution in [-0.2, 0) is 23.7 Å². The molecule has 0 bridgehead atoms. The number of nitrogens with zero attached hydrogens (tertiary/aromatic N) is 2. The van der Waals surface area contributed by atoms with E-state index in [1.807, 2.05) is 75.4 Å². The maximum atomic E-state index is 14.8. The van der Waals surface area contributed by atoms with Crippen LogP contribution >= 0.6 is 7.37 Å². The number of methoxy groups -OCH3 is 1. The molecule has 2 aliphatic carbocycles. The molecule has 10 nitrogen and oxygen atoms in total. The highest BCUT2D eigenvalue weighted by Crippen LogP contribution is 2.73. The smallest absolute Gasteiger partial charge is 0.306 e. The van der Waals surface area contributed by atoms with Crippen molar-refractivity contribution in [3.63, 3.8) is 0 Å². The summed E-state index contributed by atoms with van der Waals surface area (Å²) < 4.78 is 31.7. The Balaban J connectivity index is 1.35. The zero-order valence-electron chi connectivity index (χ0n) is 32.0. The van der Waals surface area contributed by atoms with Gasteiger partial charge in [-0.05, 0) is 68.3 Å². The molecule has 1 N–H and O–H groups in total. The van der Waals surface area contributed by atoms with E-state index in [9.17, 15) is 23.8 Å². The molecule has 1 saturated heterocycles. The number of fused-ring (bicyclic) bond motifs is 1. The molecular weight excluding hydrogens is 703 g/mol. The molecule has 11 heteroatoms. The number of ether oxygens (including phenoxy) is 3. The fourth-order valence-electron chi connectivity index (χ4n) is 8.22. The van der Waals surface area contributed by atoms with Gasteiger partial charge in [0.25, 0.3) is 0 Å². The van der Waals surface area contributed by atoms with Crippen molar-refractivity contribution in [2.75, 3.05) is 13.7 Å². The van der Waals surface area contributed by atoms with Gasteiger partial charge in [0.15, 0.2) is 5.78 Å².